The molecule has 13 heteroatoms. The topological polar surface area (TPSA) is 93.2 Å². The minimum Gasteiger partial charge on any atom is -0.497 e. The van der Waals surface area contributed by atoms with Crippen LogP contribution < -0.4 is 19.3 Å². The second-order valence-electron chi connectivity index (χ2n) is 14.2. The molecule has 0 unspecified atom stereocenters. The van der Waals surface area contributed by atoms with Gasteiger partial charge in [0.1, 0.15) is 34.3 Å². The molecule has 3 aromatic carbocycles. The molecular formula is C40H43ClF2N6O4. The molecule has 278 valence electrons. The summed E-state index contributed by atoms with van der Waals surface area (Å²) in [6.45, 7) is 11.1. The monoisotopic (exact) mass is 744 g/mol. The molecule has 0 radical (unpaired) electrons. The molecule has 6 rings (SSSR count). The van der Waals surface area contributed by atoms with Crippen molar-refractivity contribution in [3.63, 3.8) is 0 Å². The van der Waals surface area contributed by atoms with Crippen LogP contribution in [-0.2, 0) is 17.8 Å². The van der Waals surface area contributed by atoms with E-state index in [9.17, 15) is 4.79 Å². The van der Waals surface area contributed by atoms with Crippen LogP contribution in [0, 0.1) is 18.8 Å². The maximum absolute atomic E-state index is 16.8. The number of amides is 1. The van der Waals surface area contributed by atoms with Crippen LogP contribution in [0.2, 0.25) is 5.02 Å². The van der Waals surface area contributed by atoms with Crippen LogP contribution in [0.25, 0.3) is 22.2 Å². The minimum atomic E-state index is -1.08. The molecule has 0 saturated carbocycles. The zero-order valence-corrected chi connectivity index (χ0v) is 31.7. The Balaban J connectivity index is 1.37. The summed E-state index contributed by atoms with van der Waals surface area (Å²) >= 11 is 6.90. The fraction of sp³-hybridized carbons (Fsp3) is 0.350. The van der Waals surface area contributed by atoms with Crippen molar-refractivity contribution in [3.8, 4) is 22.8 Å². The molecule has 1 atom stereocenters. The first-order valence-corrected chi connectivity index (χ1v) is 17.7. The van der Waals surface area contributed by atoms with E-state index >= 15 is 8.78 Å². The zero-order chi connectivity index (χ0) is 38.0. The lowest BCUT2D eigenvalue weighted by Crippen LogP contribution is -2.55. The number of methoxy groups -OCH3 is 2. The second-order valence-corrected chi connectivity index (χ2v) is 14.6. The maximum Gasteiger partial charge on any atom is 0.410 e. The Labute approximate surface area is 313 Å². The number of anilines is 2. The van der Waals surface area contributed by atoms with E-state index in [0.717, 1.165) is 28.2 Å². The maximum atomic E-state index is 16.8. The van der Waals surface area contributed by atoms with E-state index in [1.165, 1.54) is 0 Å². The standard InChI is InChI=1S/C40H43ClF2N6O4/c1-24-18-32(44-33(19-24)48(22-26-8-12-28(51-6)13-9-26)23-27-10-14-29(52-7)15-11-27)34-31(41)20-30-36(35(34)42)45-38(43)46-37(30)49-17-16-47(21-25(49)2)39(50)53-40(3,4)5/h8-15,18-20,25H,16-17,21-23H2,1-7H3/t25-/m0/s1. The summed E-state index contributed by atoms with van der Waals surface area (Å²) in [5.74, 6) is 1.46. The van der Waals surface area contributed by atoms with Crippen molar-refractivity contribution in [2.45, 2.75) is 59.4 Å². The average Bonchev–Trinajstić information content (AvgIpc) is 3.11. The predicted molar refractivity (Wildman–Crippen MR) is 203 cm³/mol. The quantitative estimate of drug-likeness (QED) is 0.138. The van der Waals surface area contributed by atoms with Crippen molar-refractivity contribution in [1.82, 2.24) is 19.9 Å². The highest BCUT2D eigenvalue weighted by molar-refractivity contribution is 6.34. The van der Waals surface area contributed by atoms with Crippen molar-refractivity contribution in [3.05, 3.63) is 100 Å². The SMILES string of the molecule is COc1ccc(CN(Cc2ccc(OC)cc2)c2cc(C)cc(-c3c(Cl)cc4c(N5CCN(C(=O)OC(C)(C)C)C[C@@H]5C)nc(F)nc4c3F)n2)cc1. The number of hydrogen-bond donors (Lipinski definition) is 0. The summed E-state index contributed by atoms with van der Waals surface area (Å²) in [7, 11) is 3.24. The first-order chi connectivity index (χ1) is 25.2. The van der Waals surface area contributed by atoms with Crippen molar-refractivity contribution in [2.24, 2.45) is 0 Å². The highest BCUT2D eigenvalue weighted by atomic mass is 35.5. The van der Waals surface area contributed by atoms with Crippen LogP contribution in [-0.4, -0.2) is 71.4 Å². The van der Waals surface area contributed by atoms with E-state index in [1.807, 2.05) is 73.3 Å². The molecule has 0 N–H and O–H groups in total. The molecule has 10 nitrogen and oxygen atoms in total. The number of ether oxygens (including phenoxy) is 3. The van der Waals surface area contributed by atoms with Gasteiger partial charge in [-0.1, -0.05) is 35.9 Å². The number of aryl methyl sites for hydroxylation is 1. The van der Waals surface area contributed by atoms with Gasteiger partial charge in [-0.15, -0.1) is 0 Å². The third-order valence-electron chi connectivity index (χ3n) is 8.99. The normalized spacial score (nSPS) is 14.7. The molecule has 2 aromatic heterocycles. The fourth-order valence-corrected chi connectivity index (χ4v) is 6.72. The molecule has 0 spiro atoms. The van der Waals surface area contributed by atoms with Gasteiger partial charge in [0.15, 0.2) is 5.82 Å². The lowest BCUT2D eigenvalue weighted by Gasteiger charge is -2.41. The van der Waals surface area contributed by atoms with Crippen molar-refractivity contribution < 1.29 is 27.8 Å². The Morgan fingerprint density at radius 2 is 1.51 bits per heavy atom. The minimum absolute atomic E-state index is 0.00445. The van der Waals surface area contributed by atoms with E-state index in [1.54, 1.807) is 52.0 Å². The number of benzene rings is 3. The third-order valence-corrected chi connectivity index (χ3v) is 9.29. The first-order valence-electron chi connectivity index (χ1n) is 17.3. The average molecular weight is 745 g/mol. The molecular weight excluding hydrogens is 702 g/mol. The molecule has 3 heterocycles. The number of carbonyl (C=O) groups is 1. The van der Waals surface area contributed by atoms with Crippen LogP contribution in [0.4, 0.5) is 25.2 Å². The number of aromatic nitrogens is 3. The van der Waals surface area contributed by atoms with Crippen LogP contribution in [0.3, 0.4) is 0 Å². The molecule has 1 amide bonds. The van der Waals surface area contributed by atoms with Crippen LogP contribution in [0.5, 0.6) is 11.5 Å². The second kappa shape index (κ2) is 15.4. The summed E-state index contributed by atoms with van der Waals surface area (Å²) in [5.41, 5.74) is 2.27. The number of piperazine rings is 1. The molecule has 1 fully saturated rings. The highest BCUT2D eigenvalue weighted by Crippen LogP contribution is 2.39. The molecule has 0 aliphatic carbocycles. The Kier molecular flexibility index (Phi) is 10.9. The molecule has 53 heavy (non-hydrogen) atoms. The Bertz CT molecular complexity index is 2060. The van der Waals surface area contributed by atoms with E-state index in [4.69, 9.17) is 30.8 Å². The van der Waals surface area contributed by atoms with Gasteiger partial charge >= 0.3 is 12.2 Å². The molecule has 1 saturated heterocycles. The van der Waals surface area contributed by atoms with Crippen LogP contribution >= 0.6 is 11.6 Å². The summed E-state index contributed by atoms with van der Waals surface area (Å²) in [6, 6.07) is 20.5. The number of carbonyl (C=O) groups excluding carboxylic acids is 1. The Hall–Kier alpha value is -5.23. The number of hydrogen-bond acceptors (Lipinski definition) is 9. The molecule has 1 aliphatic rings. The van der Waals surface area contributed by atoms with Gasteiger partial charge in [-0.2, -0.15) is 14.4 Å². The highest BCUT2D eigenvalue weighted by Gasteiger charge is 2.32. The van der Waals surface area contributed by atoms with Crippen molar-refractivity contribution >= 4 is 40.2 Å². The summed E-state index contributed by atoms with van der Waals surface area (Å²) in [4.78, 5) is 31.2. The van der Waals surface area contributed by atoms with Gasteiger partial charge in [0.25, 0.3) is 0 Å². The van der Waals surface area contributed by atoms with Gasteiger partial charge in [-0.25, -0.2) is 14.2 Å². The number of rotatable bonds is 9. The van der Waals surface area contributed by atoms with Crippen molar-refractivity contribution in [2.75, 3.05) is 43.7 Å². The van der Waals surface area contributed by atoms with Gasteiger partial charge in [0.05, 0.1) is 30.5 Å². The van der Waals surface area contributed by atoms with Crippen molar-refractivity contribution in [1.29, 1.82) is 0 Å². The predicted octanol–water partition coefficient (Wildman–Crippen LogP) is 8.60. The van der Waals surface area contributed by atoms with Gasteiger partial charge in [-0.05, 0) is 93.8 Å². The summed E-state index contributed by atoms with van der Waals surface area (Å²) in [6.07, 6.45) is -1.51. The van der Waals surface area contributed by atoms with Gasteiger partial charge < -0.3 is 28.9 Å². The van der Waals surface area contributed by atoms with Gasteiger partial charge in [0.2, 0.25) is 0 Å². The largest absolute Gasteiger partial charge is 0.497 e. The molecule has 1 aliphatic heterocycles. The lowest BCUT2D eigenvalue weighted by atomic mass is 10.0. The van der Waals surface area contributed by atoms with E-state index in [2.05, 4.69) is 14.9 Å². The summed E-state index contributed by atoms with van der Waals surface area (Å²) in [5, 5.41) is 0.330. The number of halogens is 3. The fourth-order valence-electron chi connectivity index (χ4n) is 6.43. The smallest absolute Gasteiger partial charge is 0.410 e. The molecule has 0 bridgehead atoms. The lowest BCUT2D eigenvalue weighted by molar-refractivity contribution is 0.0218. The summed E-state index contributed by atoms with van der Waals surface area (Å²) < 4.78 is 48.2. The van der Waals surface area contributed by atoms with E-state index < -0.39 is 23.6 Å². The Morgan fingerprint density at radius 3 is 2.06 bits per heavy atom. The van der Waals surface area contributed by atoms with E-state index in [0.29, 0.717) is 38.5 Å². The number of pyridine rings is 1. The Morgan fingerprint density at radius 1 is 0.906 bits per heavy atom. The number of nitrogens with zero attached hydrogens (tertiary/aromatic N) is 6. The van der Waals surface area contributed by atoms with E-state index in [-0.39, 0.29) is 39.0 Å². The zero-order valence-electron chi connectivity index (χ0n) is 30.9. The van der Waals surface area contributed by atoms with Crippen LogP contribution in [0.15, 0.2) is 66.7 Å². The number of fused-ring (bicyclic) bond motifs is 1. The first kappa shape index (κ1) is 37.5. The molecule has 5 aromatic rings. The van der Waals surface area contributed by atoms with Gasteiger partial charge in [-0.3, -0.25) is 0 Å². The van der Waals surface area contributed by atoms with Crippen LogP contribution in [0.1, 0.15) is 44.4 Å². The third kappa shape index (κ3) is 8.54. The van der Waals surface area contributed by atoms with Gasteiger partial charge in [0, 0.05) is 44.2 Å².